The van der Waals surface area contributed by atoms with Crippen molar-refractivity contribution in [3.05, 3.63) is 74.3 Å². The van der Waals surface area contributed by atoms with Crippen LogP contribution < -0.4 is 5.32 Å². The highest BCUT2D eigenvalue weighted by Gasteiger charge is 2.54. The van der Waals surface area contributed by atoms with Gasteiger partial charge in [0.2, 0.25) is 5.78 Å². The fourth-order valence-electron chi connectivity index (χ4n) is 4.80. The molecule has 3 aromatic rings. The Labute approximate surface area is 210 Å². The Morgan fingerprint density at radius 3 is 2.88 bits per heavy atom. The molecule has 1 aliphatic carbocycles. The van der Waals surface area contributed by atoms with Gasteiger partial charge in [0.15, 0.2) is 5.79 Å². The van der Waals surface area contributed by atoms with Gasteiger partial charge >= 0.3 is 0 Å². The number of fused-ring (bicyclic) bond motifs is 1. The lowest BCUT2D eigenvalue weighted by atomic mass is 10.1. The van der Waals surface area contributed by atoms with E-state index in [-0.39, 0.29) is 36.6 Å². The van der Waals surface area contributed by atoms with Gasteiger partial charge in [-0.1, -0.05) is 28.1 Å². The molecule has 0 spiro atoms. The first-order chi connectivity index (χ1) is 16.3. The zero-order chi connectivity index (χ0) is 23.9. The second kappa shape index (κ2) is 9.47. The summed E-state index contributed by atoms with van der Waals surface area (Å²) < 4.78 is 13.2. The van der Waals surface area contributed by atoms with Crippen LogP contribution >= 0.6 is 27.3 Å². The Morgan fingerprint density at radius 2 is 2.09 bits per heavy atom. The van der Waals surface area contributed by atoms with E-state index in [2.05, 4.69) is 43.3 Å². The molecule has 1 aromatic carbocycles. The van der Waals surface area contributed by atoms with E-state index in [1.54, 1.807) is 6.20 Å². The number of hydrogen-bond acceptors (Lipinski definition) is 8. The molecule has 0 amide bonds. The number of halogens is 1. The summed E-state index contributed by atoms with van der Waals surface area (Å²) in [4.78, 5) is 22.5. The molecule has 0 bridgehead atoms. The standard InChI is InChI=1S/C25H26BrN3O4S/c1-25(2)32-22-16(11-30)9-19(23(22)33-25)29-24-18(10-27-13-28-24)21(31)20-8-15(12-34-20)6-14-4-3-5-17(26)7-14/h3-5,7-8,10,12-13,16,19,22-23,30H,6,9,11H2,1-2H3,(H,27,28,29)/t16?,19-,22-,23+/m1/s1. The monoisotopic (exact) mass is 543 g/mol. The lowest BCUT2D eigenvalue weighted by Gasteiger charge is -2.24. The smallest absolute Gasteiger partial charge is 0.208 e. The first kappa shape index (κ1) is 23.6. The highest BCUT2D eigenvalue weighted by atomic mass is 79.9. The predicted molar refractivity (Wildman–Crippen MR) is 133 cm³/mol. The summed E-state index contributed by atoms with van der Waals surface area (Å²) in [5, 5.41) is 15.3. The lowest BCUT2D eigenvalue weighted by molar-refractivity contribution is -0.158. The number of ether oxygens (including phenoxy) is 2. The zero-order valence-corrected chi connectivity index (χ0v) is 21.3. The van der Waals surface area contributed by atoms with Gasteiger partial charge in [0.05, 0.1) is 22.6 Å². The van der Waals surface area contributed by atoms with E-state index in [0.717, 1.165) is 16.5 Å². The summed E-state index contributed by atoms with van der Waals surface area (Å²) >= 11 is 4.93. The molecule has 178 valence electrons. The van der Waals surface area contributed by atoms with Crippen LogP contribution in [0.2, 0.25) is 0 Å². The van der Waals surface area contributed by atoms with Crippen LogP contribution in [0.1, 0.15) is 46.6 Å². The topological polar surface area (TPSA) is 93.6 Å². The van der Waals surface area contributed by atoms with Gasteiger partial charge in [-0.15, -0.1) is 11.3 Å². The number of hydrogen-bond donors (Lipinski definition) is 2. The normalized spacial score (nSPS) is 25.3. The summed E-state index contributed by atoms with van der Waals surface area (Å²) in [6.07, 6.45) is 3.96. The number of carbonyl (C=O) groups excluding carboxylic acids is 1. The number of aromatic nitrogens is 2. The number of carbonyl (C=O) groups is 1. The first-order valence-corrected chi connectivity index (χ1v) is 12.9. The number of aliphatic hydroxyl groups excluding tert-OH is 1. The first-order valence-electron chi connectivity index (χ1n) is 11.2. The molecule has 1 aliphatic heterocycles. The third-order valence-electron chi connectivity index (χ3n) is 6.27. The maximum atomic E-state index is 13.4. The molecule has 0 radical (unpaired) electrons. The minimum absolute atomic E-state index is 0.0182. The van der Waals surface area contributed by atoms with Crippen molar-refractivity contribution in [3.63, 3.8) is 0 Å². The van der Waals surface area contributed by atoms with Crippen LogP contribution in [0.15, 0.2) is 52.7 Å². The van der Waals surface area contributed by atoms with Crippen LogP contribution in [0.5, 0.6) is 0 Å². The molecule has 2 fully saturated rings. The molecule has 7 nitrogen and oxygen atoms in total. The van der Waals surface area contributed by atoms with Gasteiger partial charge < -0.3 is 19.9 Å². The maximum Gasteiger partial charge on any atom is 0.208 e. The maximum absolute atomic E-state index is 13.4. The van der Waals surface area contributed by atoms with Gasteiger partial charge in [-0.3, -0.25) is 4.79 Å². The van der Waals surface area contributed by atoms with Crippen molar-refractivity contribution in [1.82, 2.24) is 9.97 Å². The molecule has 1 saturated heterocycles. The van der Waals surface area contributed by atoms with Crippen LogP contribution in [0.3, 0.4) is 0 Å². The van der Waals surface area contributed by atoms with Gasteiger partial charge in [0, 0.05) is 23.2 Å². The molecule has 5 rings (SSSR count). The Hall–Kier alpha value is -2.17. The predicted octanol–water partition coefficient (Wildman–Crippen LogP) is 4.44. The SMILES string of the molecule is CC1(C)O[C@@H]2[C@H](O1)C(CO)C[C@H]2Nc1ncncc1C(=O)c1cc(Cc2cccc(Br)c2)cs1. The summed E-state index contributed by atoms with van der Waals surface area (Å²) in [5.41, 5.74) is 2.68. The average Bonchev–Trinajstić information content (AvgIpc) is 3.47. The number of benzene rings is 1. The molecule has 4 atom stereocenters. The number of nitrogens with zero attached hydrogens (tertiary/aromatic N) is 2. The van der Waals surface area contributed by atoms with E-state index in [9.17, 15) is 9.90 Å². The molecular formula is C25H26BrN3O4S. The van der Waals surface area contributed by atoms with Gasteiger partial charge in [0.25, 0.3) is 0 Å². The lowest BCUT2D eigenvalue weighted by Crippen LogP contribution is -2.35. The summed E-state index contributed by atoms with van der Waals surface area (Å²) in [5.74, 6) is -0.402. The van der Waals surface area contributed by atoms with Crippen molar-refractivity contribution in [2.45, 2.75) is 50.7 Å². The van der Waals surface area contributed by atoms with E-state index >= 15 is 0 Å². The number of rotatable bonds is 7. The van der Waals surface area contributed by atoms with Crippen molar-refractivity contribution in [2.24, 2.45) is 5.92 Å². The summed E-state index contributed by atoms with van der Waals surface area (Å²) in [7, 11) is 0. The van der Waals surface area contributed by atoms with Crippen LogP contribution in [0.25, 0.3) is 0 Å². The molecule has 2 N–H and O–H groups in total. The Morgan fingerprint density at radius 1 is 1.26 bits per heavy atom. The second-order valence-electron chi connectivity index (χ2n) is 9.23. The van der Waals surface area contributed by atoms with Gasteiger partial charge in [0.1, 0.15) is 18.2 Å². The summed E-state index contributed by atoms with van der Waals surface area (Å²) in [6.45, 7) is 3.77. The third kappa shape index (κ3) is 4.81. The van der Waals surface area contributed by atoms with Crippen LogP contribution in [-0.4, -0.2) is 51.5 Å². The molecule has 1 unspecified atom stereocenters. The van der Waals surface area contributed by atoms with Gasteiger partial charge in [-0.2, -0.15) is 0 Å². The summed E-state index contributed by atoms with van der Waals surface area (Å²) in [6, 6.07) is 9.95. The largest absolute Gasteiger partial charge is 0.396 e. The fourth-order valence-corrected chi connectivity index (χ4v) is 6.11. The molecule has 34 heavy (non-hydrogen) atoms. The van der Waals surface area contributed by atoms with Crippen molar-refractivity contribution in [2.75, 3.05) is 11.9 Å². The van der Waals surface area contributed by atoms with E-state index < -0.39 is 5.79 Å². The van der Waals surface area contributed by atoms with Gasteiger partial charge in [-0.05, 0) is 61.4 Å². The van der Waals surface area contributed by atoms with E-state index in [1.807, 2.05) is 37.4 Å². The third-order valence-corrected chi connectivity index (χ3v) is 7.74. The number of anilines is 1. The van der Waals surface area contributed by atoms with Crippen molar-refractivity contribution in [3.8, 4) is 0 Å². The number of nitrogens with one attached hydrogen (secondary N) is 1. The minimum Gasteiger partial charge on any atom is -0.396 e. The molecule has 9 heteroatoms. The highest BCUT2D eigenvalue weighted by molar-refractivity contribution is 9.10. The van der Waals surface area contributed by atoms with E-state index in [4.69, 9.17) is 9.47 Å². The zero-order valence-electron chi connectivity index (χ0n) is 18.9. The molecule has 2 aromatic heterocycles. The highest BCUT2D eigenvalue weighted by Crippen LogP contribution is 2.42. The van der Waals surface area contributed by atoms with Gasteiger partial charge in [-0.25, -0.2) is 9.97 Å². The van der Waals surface area contributed by atoms with Crippen LogP contribution in [-0.2, 0) is 15.9 Å². The molecule has 3 heterocycles. The number of thiophene rings is 1. The van der Waals surface area contributed by atoms with Crippen LogP contribution in [0.4, 0.5) is 5.82 Å². The molecular weight excluding hydrogens is 518 g/mol. The Kier molecular flexibility index (Phi) is 6.56. The molecule has 1 saturated carbocycles. The van der Waals surface area contributed by atoms with Crippen molar-refractivity contribution < 1.29 is 19.4 Å². The quantitative estimate of drug-likeness (QED) is 0.425. The number of ketones is 1. The van der Waals surface area contributed by atoms with Crippen LogP contribution in [0, 0.1) is 5.92 Å². The number of aliphatic hydroxyl groups is 1. The minimum atomic E-state index is -0.713. The van der Waals surface area contributed by atoms with E-state index in [1.165, 1.54) is 23.2 Å². The average molecular weight is 544 g/mol. The second-order valence-corrected chi connectivity index (χ2v) is 11.1. The van der Waals surface area contributed by atoms with E-state index in [0.29, 0.717) is 22.7 Å². The Bertz CT molecular complexity index is 1200. The van der Waals surface area contributed by atoms with Crippen molar-refractivity contribution >= 4 is 38.9 Å². The Balaban J connectivity index is 1.34. The molecule has 2 aliphatic rings. The fraction of sp³-hybridized carbons (Fsp3) is 0.400. The van der Waals surface area contributed by atoms with Crippen molar-refractivity contribution in [1.29, 1.82) is 0 Å².